The Labute approximate surface area is 142 Å². The first-order valence-electron chi connectivity index (χ1n) is 7.30. The normalized spacial score (nSPS) is 11.8. The van der Waals surface area contributed by atoms with Crippen LogP contribution in [0.5, 0.6) is 0 Å². The molecule has 0 bridgehead atoms. The van der Waals surface area contributed by atoms with Gasteiger partial charge in [-0.15, -0.1) is 0 Å². The Balaban J connectivity index is 1.91. The van der Waals surface area contributed by atoms with Crippen molar-refractivity contribution in [3.05, 3.63) is 54.1 Å². The minimum absolute atomic E-state index is 0.154. The molecule has 0 N–H and O–H groups in total. The van der Waals surface area contributed by atoms with Gasteiger partial charge in [-0.3, -0.25) is 0 Å². The number of alkyl halides is 2. The molecule has 0 aliphatic rings. The van der Waals surface area contributed by atoms with Crippen molar-refractivity contribution in [1.29, 1.82) is 0 Å². The molecule has 0 aliphatic heterocycles. The number of esters is 1. The summed E-state index contributed by atoms with van der Waals surface area (Å²) in [6, 6.07) is 9.26. The first-order valence-corrected chi connectivity index (χ1v) is 7.30. The molecule has 134 valence electrons. The molecule has 0 spiro atoms. The van der Waals surface area contributed by atoms with Crippen LogP contribution in [0, 0.1) is 0 Å². The van der Waals surface area contributed by atoms with E-state index in [-0.39, 0.29) is 11.7 Å². The first kappa shape index (κ1) is 18.4. The second-order valence-corrected chi connectivity index (χ2v) is 4.92. The molecule has 0 fully saturated rings. The van der Waals surface area contributed by atoms with Gasteiger partial charge in [-0.1, -0.05) is 30.3 Å². The number of hydrogen-bond acceptors (Lipinski definition) is 6. The molecule has 0 aliphatic carbocycles. The lowest BCUT2D eigenvalue weighted by Gasteiger charge is -2.16. The predicted molar refractivity (Wildman–Crippen MR) is 81.2 cm³/mol. The Morgan fingerprint density at radius 1 is 1.16 bits per heavy atom. The molecule has 1 heterocycles. The van der Waals surface area contributed by atoms with E-state index in [4.69, 9.17) is 4.74 Å². The van der Waals surface area contributed by atoms with Crippen LogP contribution in [0.15, 0.2) is 42.9 Å². The van der Waals surface area contributed by atoms with Crippen LogP contribution in [0.3, 0.4) is 0 Å². The molecule has 0 unspecified atom stereocenters. The Morgan fingerprint density at radius 2 is 1.88 bits per heavy atom. The summed E-state index contributed by atoms with van der Waals surface area (Å²) in [4.78, 5) is 27.0. The van der Waals surface area contributed by atoms with E-state index in [1.165, 1.54) is 12.5 Å². The highest BCUT2D eigenvalue weighted by Gasteiger charge is 2.19. The number of rotatable bonds is 7. The predicted octanol–water partition coefficient (Wildman–Crippen LogP) is 3.03. The summed E-state index contributed by atoms with van der Waals surface area (Å²) < 4.78 is 38.6. The van der Waals surface area contributed by atoms with Gasteiger partial charge in [0.15, 0.2) is 6.61 Å². The van der Waals surface area contributed by atoms with Gasteiger partial charge < -0.3 is 18.8 Å². The highest BCUT2D eigenvalue weighted by Crippen LogP contribution is 2.19. The molecule has 0 amide bonds. The topological polar surface area (TPSA) is 79.7 Å². The van der Waals surface area contributed by atoms with Gasteiger partial charge in [0.25, 0.3) is 6.43 Å². The fourth-order valence-electron chi connectivity index (χ4n) is 2.04. The molecule has 0 saturated heterocycles. The van der Waals surface area contributed by atoms with Crippen molar-refractivity contribution < 1.29 is 32.6 Å². The summed E-state index contributed by atoms with van der Waals surface area (Å²) in [5.41, 5.74) is 1.11. The lowest BCUT2D eigenvalue weighted by molar-refractivity contribution is -0.0411. The molecule has 0 saturated carbocycles. The van der Waals surface area contributed by atoms with Gasteiger partial charge in [0.2, 0.25) is 6.79 Å². The molecule has 2 rings (SSSR count). The number of halogens is 2. The highest BCUT2D eigenvalue weighted by atomic mass is 19.3. The third kappa shape index (κ3) is 5.27. The van der Waals surface area contributed by atoms with Crippen LogP contribution in [-0.4, -0.2) is 41.5 Å². The van der Waals surface area contributed by atoms with Crippen molar-refractivity contribution in [1.82, 2.24) is 9.55 Å². The van der Waals surface area contributed by atoms with Crippen LogP contribution in [-0.2, 0) is 14.2 Å². The lowest BCUT2D eigenvalue weighted by Crippen LogP contribution is -2.19. The largest absolute Gasteiger partial charge is 0.511 e. The van der Waals surface area contributed by atoms with E-state index in [0.717, 1.165) is 5.56 Å². The summed E-state index contributed by atoms with van der Waals surface area (Å²) in [5.74, 6) is -0.776. The number of hydrogen-bond donors (Lipinski definition) is 0. The summed E-state index contributed by atoms with van der Waals surface area (Å²) in [6.07, 6.45) is -1.36. The average molecular weight is 354 g/mol. The van der Waals surface area contributed by atoms with Gasteiger partial charge in [-0.05, 0) is 12.5 Å². The number of imidazole rings is 1. The fourth-order valence-corrected chi connectivity index (χ4v) is 2.04. The second kappa shape index (κ2) is 8.76. The molecule has 1 aromatic heterocycles. The van der Waals surface area contributed by atoms with E-state index >= 15 is 0 Å². The van der Waals surface area contributed by atoms with E-state index in [0.29, 0.717) is 0 Å². The summed E-state index contributed by atoms with van der Waals surface area (Å²) in [6.45, 7) is 0.0337. The SMILES string of the molecule is C[C@H](c1ccccc1)n1cncc1C(=O)OCOC(=O)OCC(F)F. The molecule has 7 nitrogen and oxygen atoms in total. The maximum atomic E-state index is 12.1. The summed E-state index contributed by atoms with van der Waals surface area (Å²) >= 11 is 0. The van der Waals surface area contributed by atoms with E-state index in [9.17, 15) is 18.4 Å². The summed E-state index contributed by atoms with van der Waals surface area (Å²) in [7, 11) is 0. The Bertz CT molecular complexity index is 706. The van der Waals surface area contributed by atoms with Gasteiger partial charge >= 0.3 is 12.1 Å². The van der Waals surface area contributed by atoms with Crippen molar-refractivity contribution in [2.75, 3.05) is 13.4 Å². The highest BCUT2D eigenvalue weighted by molar-refractivity contribution is 5.87. The van der Waals surface area contributed by atoms with Crippen molar-refractivity contribution in [2.45, 2.75) is 19.4 Å². The van der Waals surface area contributed by atoms with Crippen molar-refractivity contribution in [2.24, 2.45) is 0 Å². The Hall–Kier alpha value is -2.97. The minimum atomic E-state index is -2.80. The quantitative estimate of drug-likeness (QED) is 0.562. The molecule has 1 aromatic carbocycles. The van der Waals surface area contributed by atoms with Crippen LogP contribution < -0.4 is 0 Å². The molecular formula is C16H16F2N2O5. The average Bonchev–Trinajstić information content (AvgIpc) is 3.09. The monoisotopic (exact) mass is 354 g/mol. The molecule has 9 heteroatoms. The van der Waals surface area contributed by atoms with Crippen molar-refractivity contribution in [3.63, 3.8) is 0 Å². The number of nitrogens with zero attached hydrogens (tertiary/aromatic N) is 2. The van der Waals surface area contributed by atoms with Crippen LogP contribution in [0.2, 0.25) is 0 Å². The van der Waals surface area contributed by atoms with E-state index in [1.54, 1.807) is 4.57 Å². The number of benzene rings is 1. The summed E-state index contributed by atoms with van der Waals surface area (Å²) in [5, 5.41) is 0. The maximum absolute atomic E-state index is 12.1. The van der Waals surface area contributed by atoms with E-state index in [2.05, 4.69) is 14.5 Å². The van der Waals surface area contributed by atoms with Crippen molar-refractivity contribution in [3.8, 4) is 0 Å². The molecule has 2 aromatic rings. The smallest absolute Gasteiger partial charge is 0.428 e. The van der Waals surface area contributed by atoms with Crippen LogP contribution in [0.1, 0.15) is 29.0 Å². The standard InChI is InChI=1S/C16H16F2N2O5/c1-11(12-5-3-2-4-6-12)20-9-19-7-13(20)15(21)24-10-25-16(22)23-8-14(17)18/h2-7,9,11,14H,8,10H2,1H3/t11-/m1/s1. The third-order valence-electron chi connectivity index (χ3n) is 3.27. The van der Waals surface area contributed by atoms with E-state index in [1.807, 2.05) is 37.3 Å². The zero-order chi connectivity index (χ0) is 18.2. The van der Waals surface area contributed by atoms with Gasteiger partial charge in [0, 0.05) is 0 Å². The minimum Gasteiger partial charge on any atom is -0.428 e. The van der Waals surface area contributed by atoms with Crippen LogP contribution >= 0.6 is 0 Å². The number of carbonyl (C=O) groups excluding carboxylic acids is 2. The number of aromatic nitrogens is 2. The molecule has 25 heavy (non-hydrogen) atoms. The van der Waals surface area contributed by atoms with Crippen LogP contribution in [0.4, 0.5) is 13.6 Å². The number of ether oxygens (including phenoxy) is 3. The van der Waals surface area contributed by atoms with Gasteiger partial charge in [0.1, 0.15) is 5.69 Å². The Morgan fingerprint density at radius 3 is 2.56 bits per heavy atom. The third-order valence-corrected chi connectivity index (χ3v) is 3.27. The van der Waals surface area contributed by atoms with E-state index < -0.39 is 31.9 Å². The second-order valence-electron chi connectivity index (χ2n) is 4.92. The zero-order valence-electron chi connectivity index (χ0n) is 13.3. The maximum Gasteiger partial charge on any atom is 0.511 e. The number of carbonyl (C=O) groups is 2. The lowest BCUT2D eigenvalue weighted by atomic mass is 10.1. The molecule has 1 atom stereocenters. The van der Waals surface area contributed by atoms with Gasteiger partial charge in [-0.25, -0.2) is 23.4 Å². The molecule has 0 radical (unpaired) electrons. The molecular weight excluding hydrogens is 338 g/mol. The fraction of sp³-hybridized carbons (Fsp3) is 0.312. The van der Waals surface area contributed by atoms with Crippen molar-refractivity contribution >= 4 is 12.1 Å². The van der Waals surface area contributed by atoms with Gasteiger partial charge in [-0.2, -0.15) is 0 Å². The Kier molecular flexibility index (Phi) is 6.44. The van der Waals surface area contributed by atoms with Gasteiger partial charge in [0.05, 0.1) is 18.6 Å². The van der Waals surface area contributed by atoms with Crippen LogP contribution in [0.25, 0.3) is 0 Å². The zero-order valence-corrected chi connectivity index (χ0v) is 13.3. The first-order chi connectivity index (χ1) is 12.0.